The average molecular weight is 450 g/mol. The molecule has 0 aliphatic carbocycles. The van der Waals surface area contributed by atoms with Gasteiger partial charge in [0.2, 0.25) is 0 Å². The second-order valence-corrected chi connectivity index (χ2v) is 8.00. The van der Waals surface area contributed by atoms with Crippen LogP contribution < -0.4 is 10.2 Å². The van der Waals surface area contributed by atoms with Crippen molar-refractivity contribution in [3.8, 4) is 0 Å². The summed E-state index contributed by atoms with van der Waals surface area (Å²) >= 11 is 0. The van der Waals surface area contributed by atoms with E-state index in [4.69, 9.17) is 0 Å². The van der Waals surface area contributed by atoms with Crippen LogP contribution in [-0.2, 0) is 6.18 Å². The smallest absolute Gasteiger partial charge is 0.363 e. The Balaban J connectivity index is 1.57. The number of halogens is 3. The maximum atomic E-state index is 13.2. The fourth-order valence-electron chi connectivity index (χ4n) is 4.12. The number of fused-ring (bicyclic) bond motifs is 3. The van der Waals surface area contributed by atoms with E-state index in [1.807, 2.05) is 25.1 Å². The maximum absolute atomic E-state index is 13.2. The number of nitrogens with zero attached hydrogens (tertiary/aromatic N) is 5. The first-order valence-electron chi connectivity index (χ1n) is 10.6. The number of rotatable bonds is 4. The topological polar surface area (TPSA) is 66.3 Å². The van der Waals surface area contributed by atoms with Gasteiger partial charge >= 0.3 is 6.18 Å². The van der Waals surface area contributed by atoms with E-state index in [0.717, 1.165) is 34.4 Å². The van der Waals surface area contributed by atoms with Crippen LogP contribution in [0.3, 0.4) is 0 Å². The summed E-state index contributed by atoms with van der Waals surface area (Å²) < 4.78 is 39.6. The molecule has 2 aliphatic heterocycles. The van der Waals surface area contributed by atoms with Gasteiger partial charge in [-0.15, -0.1) is 0 Å². The minimum atomic E-state index is -4.40. The van der Waals surface area contributed by atoms with Gasteiger partial charge in [0.25, 0.3) is 0 Å². The summed E-state index contributed by atoms with van der Waals surface area (Å²) in [6.07, 6.45) is 1.08. The van der Waals surface area contributed by atoms with Gasteiger partial charge in [-0.2, -0.15) is 13.2 Å². The molecule has 6 nitrogen and oxygen atoms in total. The predicted octanol–water partition coefficient (Wildman–Crippen LogP) is 5.14. The number of aliphatic imine (C=N–C) groups is 1. The number of hydrogen-bond donors (Lipinski definition) is 1. The number of aromatic nitrogens is 3. The lowest BCUT2D eigenvalue weighted by atomic mass is 9.99. The minimum absolute atomic E-state index is 0.408. The van der Waals surface area contributed by atoms with Crippen LogP contribution in [0.5, 0.6) is 0 Å². The van der Waals surface area contributed by atoms with Gasteiger partial charge < -0.3 is 10.2 Å². The Hall–Kier alpha value is -3.75. The molecule has 1 aromatic carbocycles. The number of anilines is 2. The van der Waals surface area contributed by atoms with Crippen LogP contribution in [0.4, 0.5) is 24.8 Å². The fraction of sp³-hybridized carbons (Fsp3) is 0.250. The maximum Gasteiger partial charge on any atom is 0.416 e. The van der Waals surface area contributed by atoms with Crippen molar-refractivity contribution in [2.75, 3.05) is 23.3 Å². The molecule has 33 heavy (non-hydrogen) atoms. The van der Waals surface area contributed by atoms with Gasteiger partial charge in [0.1, 0.15) is 23.3 Å². The molecule has 2 aromatic heterocycles. The van der Waals surface area contributed by atoms with Crippen LogP contribution in [0.1, 0.15) is 41.0 Å². The molecule has 5 rings (SSSR count). The summed E-state index contributed by atoms with van der Waals surface area (Å²) in [5.74, 6) is 2.71. The summed E-state index contributed by atoms with van der Waals surface area (Å²) in [5, 5.41) is 3.31. The van der Waals surface area contributed by atoms with E-state index in [2.05, 4.69) is 30.2 Å². The zero-order valence-electron chi connectivity index (χ0n) is 18.1. The van der Waals surface area contributed by atoms with E-state index in [1.54, 1.807) is 25.4 Å². The highest BCUT2D eigenvalue weighted by atomic mass is 19.4. The summed E-state index contributed by atoms with van der Waals surface area (Å²) in [6, 6.07) is 8.77. The Morgan fingerprint density at radius 3 is 2.73 bits per heavy atom. The number of pyridine rings is 1. The number of alkyl halides is 3. The molecule has 1 N–H and O–H groups in total. The SMILES string of the molecule is Cc1nc(N[C@H](C)c2cccc(C(F)(F)F)c2)c2c(n1)N1CCN=C1C(c1cccnc1)=C2. The van der Waals surface area contributed by atoms with Crippen LogP contribution in [0.25, 0.3) is 11.6 Å². The minimum Gasteiger partial charge on any atom is -0.363 e. The Labute approximate surface area is 188 Å². The Morgan fingerprint density at radius 2 is 1.97 bits per heavy atom. The van der Waals surface area contributed by atoms with E-state index in [0.29, 0.717) is 30.3 Å². The summed E-state index contributed by atoms with van der Waals surface area (Å²) in [5.41, 5.74) is 2.46. The third-order valence-electron chi connectivity index (χ3n) is 5.70. The van der Waals surface area contributed by atoms with E-state index < -0.39 is 17.8 Å². The zero-order valence-corrected chi connectivity index (χ0v) is 18.1. The predicted molar refractivity (Wildman–Crippen MR) is 122 cm³/mol. The third-order valence-corrected chi connectivity index (χ3v) is 5.70. The molecular weight excluding hydrogens is 429 g/mol. The molecule has 0 bridgehead atoms. The van der Waals surface area contributed by atoms with Crippen molar-refractivity contribution < 1.29 is 13.2 Å². The molecule has 0 unspecified atom stereocenters. The van der Waals surface area contributed by atoms with Crippen molar-refractivity contribution in [3.05, 3.63) is 76.9 Å². The van der Waals surface area contributed by atoms with Crippen molar-refractivity contribution in [2.24, 2.45) is 4.99 Å². The van der Waals surface area contributed by atoms with Gasteiger partial charge in [-0.3, -0.25) is 9.98 Å². The van der Waals surface area contributed by atoms with E-state index >= 15 is 0 Å². The van der Waals surface area contributed by atoms with Gasteiger partial charge in [0.05, 0.1) is 17.7 Å². The molecule has 168 valence electrons. The molecule has 4 heterocycles. The molecule has 9 heteroatoms. The van der Waals surface area contributed by atoms with Crippen LogP contribution in [-0.4, -0.2) is 33.9 Å². The summed E-state index contributed by atoms with van der Waals surface area (Å²) in [6.45, 7) is 4.96. The van der Waals surface area contributed by atoms with Gasteiger partial charge in [-0.1, -0.05) is 18.2 Å². The van der Waals surface area contributed by atoms with E-state index in [1.165, 1.54) is 12.1 Å². The Bertz CT molecular complexity index is 1270. The molecule has 0 saturated heterocycles. The van der Waals surface area contributed by atoms with Crippen molar-refractivity contribution in [2.45, 2.75) is 26.1 Å². The third kappa shape index (κ3) is 3.94. The first-order valence-corrected chi connectivity index (χ1v) is 10.6. The van der Waals surface area contributed by atoms with Crippen LogP contribution in [0, 0.1) is 6.92 Å². The molecule has 1 atom stereocenters. The first kappa shape index (κ1) is 21.1. The van der Waals surface area contributed by atoms with E-state index in [-0.39, 0.29) is 0 Å². The second-order valence-electron chi connectivity index (χ2n) is 8.00. The number of nitrogens with one attached hydrogen (secondary N) is 1. The van der Waals surface area contributed by atoms with Crippen LogP contribution in [0.15, 0.2) is 53.8 Å². The highest BCUT2D eigenvalue weighted by molar-refractivity contribution is 6.36. The van der Waals surface area contributed by atoms with Gasteiger partial charge in [0.15, 0.2) is 0 Å². The normalized spacial score (nSPS) is 16.0. The lowest BCUT2D eigenvalue weighted by Crippen LogP contribution is -2.33. The Morgan fingerprint density at radius 1 is 1.12 bits per heavy atom. The monoisotopic (exact) mass is 450 g/mol. The highest BCUT2D eigenvalue weighted by Crippen LogP contribution is 2.39. The number of hydrogen-bond acceptors (Lipinski definition) is 6. The van der Waals surface area contributed by atoms with Crippen molar-refractivity contribution in [1.82, 2.24) is 15.0 Å². The average Bonchev–Trinajstić information content (AvgIpc) is 3.29. The molecule has 0 radical (unpaired) electrons. The molecule has 0 amide bonds. The summed E-state index contributed by atoms with van der Waals surface area (Å²) in [7, 11) is 0. The molecule has 2 aliphatic rings. The van der Waals surface area contributed by atoms with Crippen molar-refractivity contribution in [1.29, 1.82) is 0 Å². The largest absolute Gasteiger partial charge is 0.416 e. The van der Waals surface area contributed by atoms with E-state index in [9.17, 15) is 13.2 Å². The number of benzene rings is 1. The van der Waals surface area contributed by atoms with Gasteiger partial charge in [-0.25, -0.2) is 9.97 Å². The fourth-order valence-corrected chi connectivity index (χ4v) is 4.12. The standard InChI is InChI=1S/C24H21F3N6/c1-14(16-5-3-7-18(11-16)24(25,26)27)30-21-20-12-19(17-6-4-8-28-13-17)22-29-9-10-33(22)23(20)32-15(2)31-21/h3-8,11-14H,9-10H2,1-2H3,(H,30,31,32)/t14-/m1/s1. The Kier molecular flexibility index (Phi) is 5.11. The highest BCUT2D eigenvalue weighted by Gasteiger charge is 2.33. The molecule has 0 spiro atoms. The number of amidine groups is 1. The molecular formula is C24H21F3N6. The van der Waals surface area contributed by atoms with Crippen molar-refractivity contribution >= 4 is 29.1 Å². The van der Waals surface area contributed by atoms with Crippen LogP contribution >= 0.6 is 0 Å². The van der Waals surface area contributed by atoms with Crippen molar-refractivity contribution in [3.63, 3.8) is 0 Å². The quantitative estimate of drug-likeness (QED) is 0.596. The van der Waals surface area contributed by atoms with Crippen LogP contribution in [0.2, 0.25) is 0 Å². The molecule has 3 aromatic rings. The second kappa shape index (κ2) is 7.99. The molecule has 0 fully saturated rings. The molecule has 0 saturated carbocycles. The zero-order chi connectivity index (χ0) is 23.2. The first-order chi connectivity index (χ1) is 15.8. The number of aryl methyl sites for hydroxylation is 1. The van der Waals surface area contributed by atoms with Gasteiger partial charge in [0, 0.05) is 36.1 Å². The summed E-state index contributed by atoms with van der Waals surface area (Å²) in [4.78, 5) is 20.2. The lowest BCUT2D eigenvalue weighted by molar-refractivity contribution is -0.137. The lowest BCUT2D eigenvalue weighted by Gasteiger charge is -2.29. The van der Waals surface area contributed by atoms with Gasteiger partial charge in [-0.05, 0) is 43.7 Å².